The number of fused-ring (bicyclic) bond motifs is 1. The number of nitrogens with zero attached hydrogens (tertiary/aromatic N) is 1. The number of carbonyl (C=O) groups is 2. The number of methoxy groups -OCH3 is 2. The minimum absolute atomic E-state index is 0.0440. The van der Waals surface area contributed by atoms with Crippen LogP contribution in [0.3, 0.4) is 0 Å². The third kappa shape index (κ3) is 6.56. The second-order valence-electron chi connectivity index (χ2n) is 10.2. The molecular formula is C32H35FN2O6. The summed E-state index contributed by atoms with van der Waals surface area (Å²) in [5, 5.41) is 3.15. The lowest BCUT2D eigenvalue weighted by molar-refractivity contribution is -0.126. The summed E-state index contributed by atoms with van der Waals surface area (Å²) in [5.41, 5.74) is 1.79. The average molecular weight is 563 g/mol. The zero-order valence-electron chi connectivity index (χ0n) is 23.4. The first-order valence-electron chi connectivity index (χ1n) is 13.9. The smallest absolute Gasteiger partial charge is 0.254 e. The van der Waals surface area contributed by atoms with E-state index in [1.165, 1.54) is 12.1 Å². The highest BCUT2D eigenvalue weighted by atomic mass is 19.1. The fourth-order valence-electron chi connectivity index (χ4n) is 5.44. The summed E-state index contributed by atoms with van der Waals surface area (Å²) in [4.78, 5) is 29.7. The summed E-state index contributed by atoms with van der Waals surface area (Å²) in [6, 6.07) is 15.4. The van der Waals surface area contributed by atoms with Crippen LogP contribution in [0.2, 0.25) is 0 Å². The number of benzene rings is 3. The van der Waals surface area contributed by atoms with Crippen LogP contribution >= 0.6 is 0 Å². The Labute approximate surface area is 239 Å². The highest BCUT2D eigenvalue weighted by Gasteiger charge is 2.34. The van der Waals surface area contributed by atoms with Crippen molar-refractivity contribution in [2.24, 2.45) is 0 Å². The second kappa shape index (κ2) is 12.9. The summed E-state index contributed by atoms with van der Waals surface area (Å²) in [6.07, 6.45) is 4.31. The quantitative estimate of drug-likeness (QED) is 0.370. The largest absolute Gasteiger partial charge is 0.493 e. The maximum absolute atomic E-state index is 14.2. The fraction of sp³-hybridized carbons (Fsp3) is 0.375. The van der Waals surface area contributed by atoms with Crippen molar-refractivity contribution in [2.45, 2.75) is 44.2 Å². The molecule has 1 heterocycles. The minimum atomic E-state index is -0.975. The normalized spacial score (nSPS) is 15.2. The van der Waals surface area contributed by atoms with Gasteiger partial charge in [0.15, 0.2) is 23.0 Å². The van der Waals surface area contributed by atoms with Gasteiger partial charge >= 0.3 is 0 Å². The van der Waals surface area contributed by atoms with Crippen molar-refractivity contribution in [1.82, 2.24) is 10.2 Å². The summed E-state index contributed by atoms with van der Waals surface area (Å²) < 4.78 is 36.1. The number of nitrogens with one attached hydrogen (secondary N) is 1. The number of carbonyl (C=O) groups excluding carboxylic acids is 2. The molecule has 0 radical (unpaired) electrons. The van der Waals surface area contributed by atoms with Crippen LogP contribution in [-0.4, -0.2) is 56.7 Å². The van der Waals surface area contributed by atoms with Crippen LogP contribution < -0.4 is 24.3 Å². The molecule has 3 aromatic carbocycles. The molecule has 0 aromatic heterocycles. The van der Waals surface area contributed by atoms with Crippen molar-refractivity contribution in [3.63, 3.8) is 0 Å². The zero-order chi connectivity index (χ0) is 28.8. The molecule has 216 valence electrons. The lowest BCUT2D eigenvalue weighted by Crippen LogP contribution is -2.46. The molecule has 2 amide bonds. The van der Waals surface area contributed by atoms with E-state index < -0.39 is 11.9 Å². The number of halogens is 1. The van der Waals surface area contributed by atoms with E-state index in [1.54, 1.807) is 49.5 Å². The van der Waals surface area contributed by atoms with Crippen molar-refractivity contribution >= 4 is 11.8 Å². The maximum atomic E-state index is 14.2. The Bertz CT molecular complexity index is 1370. The highest BCUT2D eigenvalue weighted by molar-refractivity contribution is 5.98. The molecule has 2 aliphatic rings. The third-order valence-electron chi connectivity index (χ3n) is 7.59. The topological polar surface area (TPSA) is 86.3 Å². The van der Waals surface area contributed by atoms with Crippen LogP contribution in [-0.2, 0) is 11.2 Å². The van der Waals surface area contributed by atoms with Crippen molar-refractivity contribution < 1.29 is 32.9 Å². The van der Waals surface area contributed by atoms with Gasteiger partial charge in [0.1, 0.15) is 25.1 Å². The monoisotopic (exact) mass is 562 g/mol. The molecule has 8 nitrogen and oxygen atoms in total. The number of amides is 2. The molecule has 1 unspecified atom stereocenters. The van der Waals surface area contributed by atoms with E-state index in [1.807, 2.05) is 18.2 Å². The van der Waals surface area contributed by atoms with Crippen molar-refractivity contribution in [1.29, 1.82) is 0 Å². The number of hydrogen-bond donors (Lipinski definition) is 1. The molecule has 0 spiro atoms. The fourth-order valence-corrected chi connectivity index (χ4v) is 5.44. The van der Waals surface area contributed by atoms with Gasteiger partial charge in [0, 0.05) is 18.2 Å². The summed E-state index contributed by atoms with van der Waals surface area (Å²) in [6.45, 7) is 1.03. The van der Waals surface area contributed by atoms with Gasteiger partial charge in [-0.05, 0) is 72.9 Å². The lowest BCUT2D eigenvalue weighted by atomic mass is 10.0. The van der Waals surface area contributed by atoms with E-state index in [9.17, 15) is 14.0 Å². The molecule has 0 saturated heterocycles. The van der Waals surface area contributed by atoms with Gasteiger partial charge in [-0.1, -0.05) is 31.0 Å². The Morgan fingerprint density at radius 2 is 1.63 bits per heavy atom. The molecule has 3 aromatic rings. The minimum Gasteiger partial charge on any atom is -0.493 e. The molecule has 1 fully saturated rings. The number of rotatable bonds is 10. The Morgan fingerprint density at radius 1 is 0.927 bits per heavy atom. The standard InChI is InChI=1S/C32H35FN2O6/c1-38-26-13-7-21(19-28(26)39-2)15-16-35(32(37)23-10-14-27-29(20-23)41-18-17-40-27)30(22-8-11-24(33)12-9-22)31(36)34-25-5-3-4-6-25/h7-14,19-20,25,30H,3-6,15-18H2,1-2H3,(H,34,36). The number of hydrogen-bond acceptors (Lipinski definition) is 6. The molecule has 1 aliphatic carbocycles. The van der Waals surface area contributed by atoms with Crippen LogP contribution in [0.1, 0.15) is 53.2 Å². The molecule has 5 rings (SSSR count). The van der Waals surface area contributed by atoms with Crippen LogP contribution in [0.4, 0.5) is 4.39 Å². The number of ether oxygens (including phenoxy) is 4. The Kier molecular flexibility index (Phi) is 8.91. The van der Waals surface area contributed by atoms with E-state index >= 15 is 0 Å². The van der Waals surface area contributed by atoms with Crippen LogP contribution in [0.25, 0.3) is 0 Å². The molecule has 41 heavy (non-hydrogen) atoms. The third-order valence-corrected chi connectivity index (χ3v) is 7.59. The summed E-state index contributed by atoms with van der Waals surface area (Å²) in [7, 11) is 3.14. The highest BCUT2D eigenvalue weighted by Crippen LogP contribution is 2.33. The van der Waals surface area contributed by atoms with Crippen LogP contribution in [0.5, 0.6) is 23.0 Å². The van der Waals surface area contributed by atoms with Gasteiger partial charge in [0.25, 0.3) is 5.91 Å². The van der Waals surface area contributed by atoms with Gasteiger partial charge in [0.05, 0.1) is 14.2 Å². The molecule has 1 saturated carbocycles. The first-order chi connectivity index (χ1) is 20.0. The Morgan fingerprint density at radius 3 is 2.34 bits per heavy atom. The summed E-state index contributed by atoms with van der Waals surface area (Å²) >= 11 is 0. The molecular weight excluding hydrogens is 527 g/mol. The van der Waals surface area contributed by atoms with Gasteiger partial charge in [-0.3, -0.25) is 9.59 Å². The van der Waals surface area contributed by atoms with Crippen molar-refractivity contribution in [3.05, 3.63) is 83.2 Å². The van der Waals surface area contributed by atoms with Crippen LogP contribution in [0.15, 0.2) is 60.7 Å². The Balaban J connectivity index is 1.51. The first-order valence-corrected chi connectivity index (χ1v) is 13.9. The molecule has 1 aliphatic heterocycles. The second-order valence-corrected chi connectivity index (χ2v) is 10.2. The van der Waals surface area contributed by atoms with Gasteiger partial charge in [-0.15, -0.1) is 0 Å². The van der Waals surface area contributed by atoms with E-state index in [4.69, 9.17) is 18.9 Å². The van der Waals surface area contributed by atoms with Crippen molar-refractivity contribution in [2.75, 3.05) is 34.0 Å². The summed E-state index contributed by atoms with van der Waals surface area (Å²) in [5.74, 6) is 1.16. The molecule has 9 heteroatoms. The predicted molar refractivity (Wildman–Crippen MR) is 151 cm³/mol. The van der Waals surface area contributed by atoms with E-state index in [0.29, 0.717) is 53.8 Å². The average Bonchev–Trinajstić information content (AvgIpc) is 3.52. The molecule has 1 atom stereocenters. The van der Waals surface area contributed by atoms with Gasteiger partial charge in [-0.2, -0.15) is 0 Å². The van der Waals surface area contributed by atoms with Gasteiger partial charge < -0.3 is 29.2 Å². The van der Waals surface area contributed by atoms with E-state index in [0.717, 1.165) is 31.2 Å². The molecule has 1 N–H and O–H groups in total. The van der Waals surface area contributed by atoms with Crippen molar-refractivity contribution in [3.8, 4) is 23.0 Å². The van der Waals surface area contributed by atoms with Gasteiger partial charge in [-0.25, -0.2) is 4.39 Å². The van der Waals surface area contributed by atoms with Crippen LogP contribution in [0, 0.1) is 5.82 Å². The SMILES string of the molecule is COc1ccc(CCN(C(=O)c2ccc3c(c2)OCCO3)C(C(=O)NC2CCCC2)c2ccc(F)cc2)cc1OC. The van der Waals surface area contributed by atoms with Gasteiger partial charge in [0.2, 0.25) is 5.91 Å². The Hall–Kier alpha value is -4.27. The predicted octanol–water partition coefficient (Wildman–Crippen LogP) is 5.10. The first kappa shape index (κ1) is 28.3. The zero-order valence-corrected chi connectivity index (χ0v) is 23.4. The van der Waals surface area contributed by atoms with E-state index in [-0.39, 0.29) is 24.4 Å². The van der Waals surface area contributed by atoms with E-state index in [2.05, 4.69) is 5.32 Å². The lowest BCUT2D eigenvalue weighted by Gasteiger charge is -2.33. The molecule has 0 bridgehead atoms. The maximum Gasteiger partial charge on any atom is 0.254 e.